The highest BCUT2D eigenvalue weighted by Crippen LogP contribution is 2.33. The molecule has 0 saturated carbocycles. The Morgan fingerprint density at radius 2 is 0.917 bits per heavy atom. The van der Waals surface area contributed by atoms with Crippen LogP contribution < -0.4 is 16.0 Å². The van der Waals surface area contributed by atoms with Gasteiger partial charge in [-0.05, 0) is 201 Å². The number of aromatic nitrogens is 16. The summed E-state index contributed by atoms with van der Waals surface area (Å²) in [5.74, 6) is 1.52. The Morgan fingerprint density at radius 3 is 1.45 bits per heavy atom. The number of benzene rings is 3. The topological polar surface area (TPSA) is 217 Å². The Hall–Kier alpha value is -8.86. The molecule has 0 amide bonds. The molecule has 0 aliphatic carbocycles. The lowest BCUT2D eigenvalue weighted by molar-refractivity contribution is 0.442. The molecule has 0 bridgehead atoms. The minimum atomic E-state index is -0.400. The van der Waals surface area contributed by atoms with Crippen molar-refractivity contribution in [2.24, 2.45) is 7.05 Å². The molecule has 0 spiro atoms. The molecular weight excluding hydrogens is 1070 g/mol. The zero-order chi connectivity index (χ0) is 57.8. The minimum absolute atomic E-state index is 0.231. The molecule has 12 heterocycles. The van der Waals surface area contributed by atoms with Crippen molar-refractivity contribution in [1.29, 1.82) is 0 Å². The number of nitrogens with zero attached hydrogens (tertiary/aromatic N) is 16. The van der Waals surface area contributed by atoms with Gasteiger partial charge in [-0.3, -0.25) is 9.67 Å². The average molecular weight is 1130 g/mol. The monoisotopic (exact) mass is 1130 g/mol. The van der Waals surface area contributed by atoms with Gasteiger partial charge in [-0.25, -0.2) is 37.6 Å². The first-order valence-corrected chi connectivity index (χ1v) is 28.6. The van der Waals surface area contributed by atoms with E-state index in [9.17, 15) is 13.2 Å². The maximum atomic E-state index is 14.9. The third-order valence-corrected chi connectivity index (χ3v) is 16.2. The largest absolute Gasteiger partial charge is 0.320 e. The van der Waals surface area contributed by atoms with Crippen molar-refractivity contribution in [2.45, 2.75) is 90.9 Å². The molecule has 3 aliphatic rings. The van der Waals surface area contributed by atoms with Crippen molar-refractivity contribution < 1.29 is 13.2 Å². The number of nitrogens with one attached hydrogen (secondary N) is 3. The highest BCUT2D eigenvalue weighted by molar-refractivity contribution is 5.86. The molecule has 0 atom stereocenters. The summed E-state index contributed by atoms with van der Waals surface area (Å²) in [5, 5.41) is 44.6. The van der Waals surface area contributed by atoms with Crippen LogP contribution in [0.15, 0.2) is 85.3 Å². The number of aryl methyl sites for hydroxylation is 6. The van der Waals surface area contributed by atoms with E-state index in [0.29, 0.717) is 56.3 Å². The molecule has 3 saturated heterocycles. The second-order valence-corrected chi connectivity index (χ2v) is 22.4. The van der Waals surface area contributed by atoms with Gasteiger partial charge in [-0.1, -0.05) is 0 Å². The Kier molecular flexibility index (Phi) is 14.7. The Bertz CT molecular complexity index is 4290. The van der Waals surface area contributed by atoms with Crippen LogP contribution >= 0.6 is 0 Å². The van der Waals surface area contributed by atoms with Crippen LogP contribution in [0.3, 0.4) is 0 Å². The van der Waals surface area contributed by atoms with Crippen molar-refractivity contribution in [3.05, 3.63) is 149 Å². The van der Waals surface area contributed by atoms with Gasteiger partial charge in [0.15, 0.2) is 34.9 Å². The fourth-order valence-electron chi connectivity index (χ4n) is 11.8. The zero-order valence-corrected chi connectivity index (χ0v) is 47.6. The summed E-state index contributed by atoms with van der Waals surface area (Å²) in [6, 6.07) is 20.0. The molecular formula is C62H62F3N19. The van der Waals surface area contributed by atoms with Gasteiger partial charge in [-0.2, -0.15) is 10.2 Å². The molecule has 0 radical (unpaired) electrons. The highest BCUT2D eigenvalue weighted by atomic mass is 19.1. The van der Waals surface area contributed by atoms with Gasteiger partial charge in [-0.15, -0.1) is 30.6 Å². The lowest BCUT2D eigenvalue weighted by atomic mass is 9.97. The Morgan fingerprint density at radius 1 is 0.429 bits per heavy atom. The normalized spacial score (nSPS) is 15.5. The summed E-state index contributed by atoms with van der Waals surface area (Å²) in [4.78, 5) is 22.7. The van der Waals surface area contributed by atoms with Crippen LogP contribution in [0.25, 0.3) is 88.7 Å². The second kappa shape index (κ2) is 22.7. The van der Waals surface area contributed by atoms with Crippen LogP contribution in [0.2, 0.25) is 0 Å². The van der Waals surface area contributed by atoms with Crippen LogP contribution in [0, 0.1) is 52.1 Å². The van der Waals surface area contributed by atoms with Gasteiger partial charge in [0.1, 0.15) is 44.1 Å². The molecule has 3 aromatic carbocycles. The number of fused-ring (bicyclic) bond motifs is 6. The number of rotatable bonds is 6. The summed E-state index contributed by atoms with van der Waals surface area (Å²) in [7, 11) is 1.86. The van der Waals surface area contributed by atoms with Crippen molar-refractivity contribution in [1.82, 2.24) is 95.3 Å². The quantitative estimate of drug-likeness (QED) is 0.141. The van der Waals surface area contributed by atoms with Crippen LogP contribution in [-0.2, 0) is 7.05 Å². The predicted molar refractivity (Wildman–Crippen MR) is 316 cm³/mol. The molecule has 15 rings (SSSR count). The van der Waals surface area contributed by atoms with Gasteiger partial charge in [0.25, 0.3) is 0 Å². The standard InChI is InChI=1S/2C21H21FN6.C20H20FN7/c1-12-10-28-11-16(9-19(28)13(2)24-12)15-7-17(22)20-18(8-15)26-27-21(25-20)14-3-5-23-6-4-14;1-12-7-17-9-15(8-13(2)28(17)27-12)16-10-18(22)20-19(11-16)25-26-21(24-20)14-3-5-23-6-4-14;1-11-7-15(23-17-10-28(2)27-18(11)17)13-8-14(21)19-16(9-13)25-26-20(24-19)12-3-5-22-6-4-12/h2*7-11,14,23H,3-6H2,1-2H3;7-10,12,22H,3-6H2,1-2H3. The minimum Gasteiger partial charge on any atom is -0.320 e. The number of piperidine rings is 3. The van der Waals surface area contributed by atoms with Crippen LogP contribution in [0.4, 0.5) is 13.2 Å². The van der Waals surface area contributed by atoms with E-state index in [-0.39, 0.29) is 34.9 Å². The molecule has 22 heteroatoms. The number of hydrogen-bond acceptors (Lipinski definition) is 16. The molecule has 3 fully saturated rings. The van der Waals surface area contributed by atoms with Crippen molar-refractivity contribution in [2.75, 3.05) is 39.3 Å². The van der Waals surface area contributed by atoms with Crippen LogP contribution in [0.5, 0.6) is 0 Å². The summed E-state index contributed by atoms with van der Waals surface area (Å²) in [5.41, 5.74) is 15.4. The number of pyridine rings is 2. The van der Waals surface area contributed by atoms with E-state index in [1.54, 1.807) is 10.7 Å². The third-order valence-electron chi connectivity index (χ3n) is 16.2. The summed E-state index contributed by atoms with van der Waals surface area (Å²) >= 11 is 0. The summed E-state index contributed by atoms with van der Waals surface area (Å²) in [6.45, 7) is 15.5. The molecule has 9 aromatic heterocycles. The zero-order valence-electron chi connectivity index (χ0n) is 47.6. The number of halogens is 3. The van der Waals surface area contributed by atoms with E-state index < -0.39 is 5.82 Å². The lowest BCUT2D eigenvalue weighted by Gasteiger charge is -2.20. The van der Waals surface area contributed by atoms with E-state index in [2.05, 4.69) is 81.7 Å². The van der Waals surface area contributed by atoms with Crippen molar-refractivity contribution >= 4 is 55.2 Å². The molecule has 12 aromatic rings. The fourth-order valence-corrected chi connectivity index (χ4v) is 11.8. The first-order chi connectivity index (χ1) is 40.7. The van der Waals surface area contributed by atoms with Crippen molar-refractivity contribution in [3.8, 4) is 33.5 Å². The van der Waals surface area contributed by atoms with Gasteiger partial charge in [0.2, 0.25) is 0 Å². The average Bonchev–Trinajstić information content (AvgIpc) is 4.34. The third kappa shape index (κ3) is 11.0. The van der Waals surface area contributed by atoms with Gasteiger partial charge in [0.05, 0.1) is 40.0 Å². The highest BCUT2D eigenvalue weighted by Gasteiger charge is 2.24. The van der Waals surface area contributed by atoms with Crippen LogP contribution in [0.1, 0.15) is 102 Å². The van der Waals surface area contributed by atoms with Gasteiger partial charge in [0, 0.05) is 54.0 Å². The van der Waals surface area contributed by atoms with Crippen molar-refractivity contribution in [3.63, 3.8) is 0 Å². The van der Waals surface area contributed by atoms with E-state index in [4.69, 9.17) is 0 Å². The van der Waals surface area contributed by atoms with E-state index in [1.165, 1.54) is 18.2 Å². The first kappa shape index (κ1) is 54.4. The Labute approximate surface area is 481 Å². The van der Waals surface area contributed by atoms with Gasteiger partial charge < -0.3 is 20.4 Å². The molecule has 19 nitrogen and oxygen atoms in total. The van der Waals surface area contributed by atoms with Gasteiger partial charge >= 0.3 is 0 Å². The molecule has 0 unspecified atom stereocenters. The van der Waals surface area contributed by atoms with E-state index in [1.807, 2.05) is 112 Å². The van der Waals surface area contributed by atoms with Crippen LogP contribution in [-0.4, -0.2) is 119 Å². The lowest BCUT2D eigenvalue weighted by Crippen LogP contribution is -2.27. The summed E-state index contributed by atoms with van der Waals surface area (Å²) < 4.78 is 50.4. The van der Waals surface area contributed by atoms with E-state index in [0.717, 1.165) is 150 Å². The molecule has 84 heavy (non-hydrogen) atoms. The first-order valence-electron chi connectivity index (χ1n) is 28.6. The second-order valence-electron chi connectivity index (χ2n) is 22.4. The molecule has 3 aliphatic heterocycles. The molecule has 3 N–H and O–H groups in total. The maximum absolute atomic E-state index is 14.9. The Balaban J connectivity index is 0.000000118. The predicted octanol–water partition coefficient (Wildman–Crippen LogP) is 10.0. The van der Waals surface area contributed by atoms with E-state index >= 15 is 0 Å². The number of hydrogen-bond donors (Lipinski definition) is 3. The SMILES string of the molecule is Cc1cc(-c2cc(F)c3nc(C4CCNCC4)nnc3c2)nc2cn(C)nc12.Cc1cc2cc(-c3cc(F)c4nc(C5CCNCC5)nnc4c3)cc(C)n2n1.Cc1cn2cc(-c3cc(F)c4nc(C5CCNCC5)nnc4c3)cc2c(C)n1. The maximum Gasteiger partial charge on any atom is 0.154 e. The summed E-state index contributed by atoms with van der Waals surface area (Å²) in [6.07, 6.45) is 11.5. The molecule has 426 valence electrons. The fraction of sp³-hybridized carbons (Fsp3) is 0.339. The smallest absolute Gasteiger partial charge is 0.154 e.